The van der Waals surface area contributed by atoms with E-state index in [0.29, 0.717) is 0 Å². The zero-order valence-electron chi connectivity index (χ0n) is 42.0. The van der Waals surface area contributed by atoms with Crippen LogP contribution in [0.1, 0.15) is 93.0 Å². The lowest BCUT2D eigenvalue weighted by Gasteiger charge is -2.29. The van der Waals surface area contributed by atoms with Crippen LogP contribution in [0.3, 0.4) is 0 Å². The van der Waals surface area contributed by atoms with Gasteiger partial charge in [-0.1, -0.05) is 164 Å². The molecule has 1 heterocycles. The van der Waals surface area contributed by atoms with Crippen LogP contribution < -0.4 is 4.90 Å². The minimum Gasteiger partial charge on any atom is -0.455 e. The van der Waals surface area contributed by atoms with Crippen LogP contribution in [0.4, 0.5) is 17.1 Å². The summed E-state index contributed by atoms with van der Waals surface area (Å²) in [5.74, 6) is 0. The van der Waals surface area contributed by atoms with Gasteiger partial charge in [0, 0.05) is 49.6 Å². The first-order valence-corrected chi connectivity index (χ1v) is 25.1. The van der Waals surface area contributed by atoms with Gasteiger partial charge < -0.3 is 9.32 Å². The first kappa shape index (κ1) is 43.1. The summed E-state index contributed by atoms with van der Waals surface area (Å²) in [6, 6.07) is 65.3. The number of rotatable bonds is 6. The maximum absolute atomic E-state index is 6.88. The number of hydrogen-bond acceptors (Lipinski definition) is 2. The molecule has 2 heteroatoms. The Morgan fingerprint density at radius 3 is 1.83 bits per heavy atom. The van der Waals surface area contributed by atoms with Gasteiger partial charge >= 0.3 is 0 Å². The molecule has 0 fully saturated rings. The molecule has 0 aliphatic heterocycles. The molecule has 0 bridgehead atoms. The molecule has 0 saturated heterocycles. The van der Waals surface area contributed by atoms with Crippen LogP contribution >= 0.6 is 0 Å². The van der Waals surface area contributed by atoms with E-state index in [1.807, 2.05) is 0 Å². The summed E-state index contributed by atoms with van der Waals surface area (Å²) in [7, 11) is 0. The highest BCUT2D eigenvalue weighted by atomic mass is 16.3. The van der Waals surface area contributed by atoms with Gasteiger partial charge in [-0.2, -0.15) is 0 Å². The van der Waals surface area contributed by atoms with Crippen LogP contribution in [0.2, 0.25) is 0 Å². The standard InChI is InChI=1S/C69H57NO/c1-40(2)62(49-25-17-14-20-41(49)3)63-42(4)67(5,6)59-38-54-50-32-30-47(35-56(50)68(7,8)58(54)39-55(59)63)70(46-23-12-11-13-24-46)48-31-33-51-57(36-48)69(9,10)60-37-53(45-29-28-43-21-15-16-22-44(43)34-45)66-65(64(51)60)52-26-18-19-27-61(52)71-66/h11-39H,1,4H2,2-3,5-10H3/b63-62-. The minimum atomic E-state index is -0.307. The van der Waals surface area contributed by atoms with Crippen molar-refractivity contribution >= 4 is 60.9 Å². The second kappa shape index (κ2) is 15.0. The van der Waals surface area contributed by atoms with Gasteiger partial charge in [0.15, 0.2) is 0 Å². The predicted octanol–water partition coefficient (Wildman–Crippen LogP) is 19.1. The minimum absolute atomic E-state index is 0.254. The fourth-order valence-electron chi connectivity index (χ4n) is 12.8. The largest absolute Gasteiger partial charge is 0.455 e. The molecule has 1 aromatic heterocycles. The zero-order chi connectivity index (χ0) is 48.9. The van der Waals surface area contributed by atoms with Gasteiger partial charge in [-0.25, -0.2) is 0 Å². The van der Waals surface area contributed by atoms with Gasteiger partial charge in [-0.3, -0.25) is 0 Å². The van der Waals surface area contributed by atoms with E-state index in [1.165, 1.54) is 94.1 Å². The van der Waals surface area contributed by atoms with Crippen molar-refractivity contribution in [1.29, 1.82) is 0 Å². The molecule has 0 unspecified atom stereocenters. The Kier molecular flexibility index (Phi) is 9.13. The van der Waals surface area contributed by atoms with Crippen LogP contribution in [0, 0.1) is 6.92 Å². The van der Waals surface area contributed by atoms with Gasteiger partial charge in [0.25, 0.3) is 0 Å². The molecule has 71 heavy (non-hydrogen) atoms. The maximum atomic E-state index is 6.88. The summed E-state index contributed by atoms with van der Waals surface area (Å²) in [4.78, 5) is 2.46. The number of anilines is 3. The number of allylic oxidation sites excluding steroid dienone is 4. The fraction of sp³-hybridized carbons (Fsp3) is 0.159. The SMILES string of the molecule is C=C(C)/C(=C1\C(=C)C(C)(C)c2cc3c(cc21)C(C)(C)c1cc(N(c2ccccc2)c2ccc4c(c2)C(C)(C)c2cc(-c5ccc6ccccc6c5)c5oc6ccccc6c5c2-4)ccc1-3)c1ccccc1C. The molecular formula is C69H57NO. The lowest BCUT2D eigenvalue weighted by molar-refractivity contribution is 0.652. The summed E-state index contributed by atoms with van der Waals surface area (Å²) in [5, 5.41) is 4.79. The molecule has 0 N–H and O–H groups in total. The Balaban J connectivity index is 0.961. The van der Waals surface area contributed by atoms with Gasteiger partial charge in [0.2, 0.25) is 0 Å². The Bertz CT molecular complexity index is 4020. The maximum Gasteiger partial charge on any atom is 0.143 e. The van der Waals surface area contributed by atoms with Crippen molar-refractivity contribution in [3.63, 3.8) is 0 Å². The van der Waals surface area contributed by atoms with Gasteiger partial charge in [-0.05, 0) is 186 Å². The molecule has 13 rings (SSSR count). The smallest absolute Gasteiger partial charge is 0.143 e. The van der Waals surface area contributed by atoms with Gasteiger partial charge in [0.1, 0.15) is 11.2 Å². The van der Waals surface area contributed by atoms with Crippen LogP contribution in [0.5, 0.6) is 0 Å². The molecule has 344 valence electrons. The van der Waals surface area contributed by atoms with Crippen LogP contribution in [-0.2, 0) is 16.2 Å². The topological polar surface area (TPSA) is 16.4 Å². The third-order valence-corrected chi connectivity index (χ3v) is 16.7. The van der Waals surface area contributed by atoms with E-state index >= 15 is 0 Å². The molecule has 2 nitrogen and oxygen atoms in total. The van der Waals surface area contributed by atoms with E-state index in [-0.39, 0.29) is 16.2 Å². The molecule has 3 aliphatic carbocycles. The Labute approximate surface area is 417 Å². The Morgan fingerprint density at radius 2 is 1.08 bits per heavy atom. The molecule has 10 aromatic rings. The molecule has 9 aromatic carbocycles. The molecule has 0 saturated carbocycles. The average molecular weight is 916 g/mol. The monoisotopic (exact) mass is 915 g/mol. The normalized spacial score (nSPS) is 16.2. The predicted molar refractivity (Wildman–Crippen MR) is 301 cm³/mol. The number of para-hydroxylation sites is 2. The van der Waals surface area contributed by atoms with Crippen molar-refractivity contribution in [2.45, 2.75) is 71.6 Å². The van der Waals surface area contributed by atoms with E-state index in [2.05, 4.69) is 243 Å². The second-order valence-electron chi connectivity index (χ2n) is 22.0. The lowest BCUT2D eigenvalue weighted by Crippen LogP contribution is -2.18. The summed E-state index contributed by atoms with van der Waals surface area (Å²) in [6.45, 7) is 28.0. The van der Waals surface area contributed by atoms with Crippen LogP contribution in [0.25, 0.3) is 77.2 Å². The summed E-state index contributed by atoms with van der Waals surface area (Å²) < 4.78 is 6.88. The van der Waals surface area contributed by atoms with Gasteiger partial charge in [0.05, 0.1) is 0 Å². The first-order chi connectivity index (χ1) is 34.1. The zero-order valence-corrected chi connectivity index (χ0v) is 42.0. The van der Waals surface area contributed by atoms with Gasteiger partial charge in [-0.15, -0.1) is 0 Å². The highest BCUT2D eigenvalue weighted by Gasteiger charge is 2.44. The number of fused-ring (bicyclic) bond motifs is 12. The van der Waals surface area contributed by atoms with Crippen LogP contribution in [0.15, 0.2) is 205 Å². The highest BCUT2D eigenvalue weighted by molar-refractivity contribution is 6.19. The molecule has 0 atom stereocenters. The van der Waals surface area contributed by atoms with E-state index in [0.717, 1.165) is 55.9 Å². The first-order valence-electron chi connectivity index (χ1n) is 25.1. The third kappa shape index (κ3) is 6.07. The van der Waals surface area contributed by atoms with Crippen LogP contribution in [-0.4, -0.2) is 0 Å². The van der Waals surface area contributed by atoms with Crippen molar-refractivity contribution in [1.82, 2.24) is 0 Å². The number of furan rings is 1. The van der Waals surface area contributed by atoms with Crippen molar-refractivity contribution in [2.75, 3.05) is 4.90 Å². The quantitative estimate of drug-likeness (QED) is 0.165. The number of benzene rings is 9. The number of nitrogens with zero attached hydrogens (tertiary/aromatic N) is 1. The Hall–Kier alpha value is -7.94. The van der Waals surface area contributed by atoms with Crippen molar-refractivity contribution in [2.24, 2.45) is 0 Å². The Morgan fingerprint density at radius 1 is 0.493 bits per heavy atom. The van der Waals surface area contributed by atoms with Crippen molar-refractivity contribution in [3.05, 3.63) is 245 Å². The average Bonchev–Trinajstić information content (AvgIpc) is 4.00. The molecule has 0 radical (unpaired) electrons. The van der Waals surface area contributed by atoms with E-state index < -0.39 is 0 Å². The second-order valence-corrected chi connectivity index (χ2v) is 22.0. The van der Waals surface area contributed by atoms with Crippen molar-refractivity contribution in [3.8, 4) is 33.4 Å². The molecular weight excluding hydrogens is 859 g/mol. The van der Waals surface area contributed by atoms with E-state index in [9.17, 15) is 0 Å². The fourth-order valence-corrected chi connectivity index (χ4v) is 12.8. The molecule has 3 aliphatic rings. The summed E-state index contributed by atoms with van der Waals surface area (Å²) in [6.07, 6.45) is 0. The summed E-state index contributed by atoms with van der Waals surface area (Å²) >= 11 is 0. The number of aryl methyl sites for hydroxylation is 1. The third-order valence-electron chi connectivity index (χ3n) is 16.7. The van der Waals surface area contributed by atoms with Crippen molar-refractivity contribution < 1.29 is 4.42 Å². The summed E-state index contributed by atoms with van der Waals surface area (Å²) in [5.41, 5.74) is 26.9. The molecule has 0 spiro atoms. The lowest BCUT2D eigenvalue weighted by atomic mass is 9.79. The number of hydrogen-bond donors (Lipinski definition) is 0. The molecule has 0 amide bonds. The van der Waals surface area contributed by atoms with E-state index in [1.54, 1.807) is 0 Å². The highest BCUT2D eigenvalue weighted by Crippen LogP contribution is 2.60. The van der Waals surface area contributed by atoms with E-state index in [4.69, 9.17) is 11.0 Å².